The van der Waals surface area contributed by atoms with Crippen molar-refractivity contribution in [2.75, 3.05) is 20.2 Å². The van der Waals surface area contributed by atoms with Gasteiger partial charge in [0.05, 0.1) is 6.33 Å². The summed E-state index contributed by atoms with van der Waals surface area (Å²) < 4.78 is 26.9. The van der Waals surface area contributed by atoms with Crippen LogP contribution in [0.4, 0.5) is 0 Å². The molecule has 6 nitrogen and oxygen atoms in total. The molecule has 0 aliphatic heterocycles. The van der Waals surface area contributed by atoms with Crippen LogP contribution >= 0.6 is 0 Å². The number of aliphatic hydroxyl groups is 1. The maximum Gasteiger partial charge on any atom is 0.261 e. The van der Waals surface area contributed by atoms with Gasteiger partial charge < -0.3 is 9.67 Å². The number of aliphatic hydroxyl groups excluding tert-OH is 1. The Hall–Kier alpha value is -0.920. The molecule has 7 heteroatoms. The number of sulfonamides is 1. The zero-order valence-electron chi connectivity index (χ0n) is 10.2. The van der Waals surface area contributed by atoms with Crippen LogP contribution in [0.15, 0.2) is 17.6 Å². The number of aryl methyl sites for hydroxylation is 1. The summed E-state index contributed by atoms with van der Waals surface area (Å²) in [6.45, 7) is 0.593. The second kappa shape index (κ2) is 6.13. The zero-order chi connectivity index (χ0) is 12.9. The molecule has 0 spiro atoms. The topological polar surface area (TPSA) is 75.4 Å². The van der Waals surface area contributed by atoms with Crippen molar-refractivity contribution in [1.82, 2.24) is 13.9 Å². The summed E-state index contributed by atoms with van der Waals surface area (Å²) in [6.07, 6.45) is 5.21. The second-order valence-electron chi connectivity index (χ2n) is 3.99. The minimum atomic E-state index is -3.47. The maximum atomic E-state index is 12.0. The molecule has 0 aliphatic rings. The number of rotatable bonds is 7. The average Bonchev–Trinajstić information content (AvgIpc) is 2.71. The van der Waals surface area contributed by atoms with Gasteiger partial charge in [-0.25, -0.2) is 13.4 Å². The lowest BCUT2D eigenvalue weighted by molar-refractivity contribution is 0.281. The highest BCUT2D eigenvalue weighted by molar-refractivity contribution is 7.89. The molecule has 1 heterocycles. The summed E-state index contributed by atoms with van der Waals surface area (Å²) in [5.41, 5.74) is 0. The Kier molecular flexibility index (Phi) is 5.10. The smallest absolute Gasteiger partial charge is 0.261 e. The third-order valence-corrected chi connectivity index (χ3v) is 4.23. The van der Waals surface area contributed by atoms with E-state index in [2.05, 4.69) is 4.98 Å². The molecule has 0 aromatic carbocycles. The third kappa shape index (κ3) is 3.79. The Bertz CT molecular complexity index is 441. The molecular formula is C10H19N3O3S. The van der Waals surface area contributed by atoms with Gasteiger partial charge in [0.2, 0.25) is 0 Å². The molecule has 0 bridgehead atoms. The van der Waals surface area contributed by atoms with Crippen molar-refractivity contribution in [3.05, 3.63) is 12.5 Å². The molecule has 17 heavy (non-hydrogen) atoms. The van der Waals surface area contributed by atoms with Crippen LogP contribution in [0.1, 0.15) is 19.3 Å². The van der Waals surface area contributed by atoms with E-state index in [1.807, 2.05) is 0 Å². The third-order valence-electron chi connectivity index (χ3n) is 2.49. The molecular weight excluding hydrogens is 242 g/mol. The van der Waals surface area contributed by atoms with Crippen LogP contribution in [0, 0.1) is 0 Å². The van der Waals surface area contributed by atoms with Gasteiger partial charge in [0.25, 0.3) is 10.0 Å². The van der Waals surface area contributed by atoms with E-state index in [1.165, 1.54) is 16.8 Å². The molecule has 0 unspecified atom stereocenters. The number of imidazole rings is 1. The number of aromatic nitrogens is 2. The standard InChI is InChI=1S/C10H19N3O3S/c1-12-8-10(11-9-12)17(15,16)13(2)6-4-3-5-7-14/h8-9,14H,3-7H2,1-2H3. The minimum absolute atomic E-state index is 0.0738. The van der Waals surface area contributed by atoms with Gasteiger partial charge in [0.15, 0.2) is 5.03 Å². The normalized spacial score (nSPS) is 12.2. The van der Waals surface area contributed by atoms with Crippen molar-refractivity contribution >= 4 is 10.0 Å². The summed E-state index contributed by atoms with van der Waals surface area (Å²) in [7, 11) is -0.192. The second-order valence-corrected chi connectivity index (χ2v) is 5.98. The van der Waals surface area contributed by atoms with Crippen molar-refractivity contribution in [3.8, 4) is 0 Å². The fourth-order valence-corrected chi connectivity index (χ4v) is 2.59. The van der Waals surface area contributed by atoms with Crippen LogP contribution in [0.25, 0.3) is 0 Å². The lowest BCUT2D eigenvalue weighted by atomic mass is 10.2. The van der Waals surface area contributed by atoms with E-state index in [9.17, 15) is 8.42 Å². The molecule has 0 saturated heterocycles. The maximum absolute atomic E-state index is 12.0. The van der Waals surface area contributed by atoms with E-state index < -0.39 is 10.0 Å². The molecule has 0 aliphatic carbocycles. The van der Waals surface area contributed by atoms with Crippen LogP contribution in [-0.2, 0) is 17.1 Å². The molecule has 1 aromatic rings. The predicted octanol–water partition coefficient (Wildman–Crippen LogP) is 0.203. The van der Waals surface area contributed by atoms with Gasteiger partial charge in [-0.1, -0.05) is 0 Å². The highest BCUT2D eigenvalue weighted by Gasteiger charge is 2.22. The Morgan fingerprint density at radius 1 is 1.41 bits per heavy atom. The van der Waals surface area contributed by atoms with Crippen LogP contribution in [0.5, 0.6) is 0 Å². The zero-order valence-corrected chi connectivity index (χ0v) is 11.0. The van der Waals surface area contributed by atoms with Crippen molar-refractivity contribution < 1.29 is 13.5 Å². The SMILES string of the molecule is CN(CCCCCO)S(=O)(=O)c1cn(C)cn1. The molecule has 1 rings (SSSR count). The molecule has 0 atom stereocenters. The Morgan fingerprint density at radius 2 is 2.12 bits per heavy atom. The van der Waals surface area contributed by atoms with E-state index in [0.29, 0.717) is 13.0 Å². The lowest BCUT2D eigenvalue weighted by Gasteiger charge is -2.15. The fourth-order valence-electron chi connectivity index (χ4n) is 1.42. The van der Waals surface area contributed by atoms with E-state index in [0.717, 1.165) is 12.8 Å². The van der Waals surface area contributed by atoms with Crippen LogP contribution < -0.4 is 0 Å². The van der Waals surface area contributed by atoms with E-state index >= 15 is 0 Å². The number of nitrogens with zero attached hydrogens (tertiary/aromatic N) is 3. The quantitative estimate of drug-likeness (QED) is 0.712. The van der Waals surface area contributed by atoms with Gasteiger partial charge >= 0.3 is 0 Å². The molecule has 0 saturated carbocycles. The molecule has 98 valence electrons. The highest BCUT2D eigenvalue weighted by atomic mass is 32.2. The van der Waals surface area contributed by atoms with Crippen molar-refractivity contribution in [2.24, 2.45) is 7.05 Å². The highest BCUT2D eigenvalue weighted by Crippen LogP contribution is 2.12. The summed E-state index contributed by atoms with van der Waals surface area (Å²) in [5.74, 6) is 0. The molecule has 0 radical (unpaired) electrons. The van der Waals surface area contributed by atoms with E-state index in [4.69, 9.17) is 5.11 Å². The van der Waals surface area contributed by atoms with E-state index in [-0.39, 0.29) is 11.6 Å². The minimum Gasteiger partial charge on any atom is -0.396 e. The lowest BCUT2D eigenvalue weighted by Crippen LogP contribution is -2.28. The van der Waals surface area contributed by atoms with Gasteiger partial charge in [-0.2, -0.15) is 4.31 Å². The largest absolute Gasteiger partial charge is 0.396 e. The summed E-state index contributed by atoms with van der Waals surface area (Å²) in [6, 6.07) is 0. The van der Waals surface area contributed by atoms with E-state index in [1.54, 1.807) is 18.7 Å². The Morgan fingerprint density at radius 3 is 2.65 bits per heavy atom. The number of hydrogen-bond acceptors (Lipinski definition) is 4. The summed E-state index contributed by atoms with van der Waals surface area (Å²) >= 11 is 0. The first kappa shape index (κ1) is 14.1. The first-order chi connectivity index (χ1) is 7.98. The van der Waals surface area contributed by atoms with Crippen molar-refractivity contribution in [2.45, 2.75) is 24.3 Å². The monoisotopic (exact) mass is 261 g/mol. The Labute approximate surface area is 102 Å². The van der Waals surface area contributed by atoms with Gasteiger partial charge in [0.1, 0.15) is 0 Å². The van der Waals surface area contributed by atoms with Crippen LogP contribution in [0.2, 0.25) is 0 Å². The van der Waals surface area contributed by atoms with Gasteiger partial charge in [-0.3, -0.25) is 0 Å². The van der Waals surface area contributed by atoms with Gasteiger partial charge in [0, 0.05) is 33.4 Å². The first-order valence-corrected chi connectivity index (χ1v) is 6.97. The van der Waals surface area contributed by atoms with Crippen molar-refractivity contribution in [3.63, 3.8) is 0 Å². The Balaban J connectivity index is 2.58. The van der Waals surface area contributed by atoms with Crippen LogP contribution in [0.3, 0.4) is 0 Å². The van der Waals surface area contributed by atoms with Gasteiger partial charge in [-0.15, -0.1) is 0 Å². The number of unbranched alkanes of at least 4 members (excludes halogenated alkanes) is 2. The fraction of sp³-hybridized carbons (Fsp3) is 0.700. The summed E-state index contributed by atoms with van der Waals surface area (Å²) in [4.78, 5) is 3.85. The molecule has 1 N–H and O–H groups in total. The van der Waals surface area contributed by atoms with Gasteiger partial charge in [-0.05, 0) is 19.3 Å². The first-order valence-electron chi connectivity index (χ1n) is 5.53. The summed E-state index contributed by atoms with van der Waals surface area (Å²) in [5, 5.41) is 8.70. The van der Waals surface area contributed by atoms with Crippen LogP contribution in [-0.4, -0.2) is 47.6 Å². The predicted molar refractivity (Wildman–Crippen MR) is 64.0 cm³/mol. The van der Waals surface area contributed by atoms with Crippen molar-refractivity contribution in [1.29, 1.82) is 0 Å². The molecule has 0 fully saturated rings. The molecule has 0 amide bonds. The number of hydrogen-bond donors (Lipinski definition) is 1. The molecule has 1 aromatic heterocycles. The average molecular weight is 261 g/mol.